The first-order valence-electron chi connectivity index (χ1n) is 4.37. The fourth-order valence-corrected chi connectivity index (χ4v) is 1.16. The molecule has 0 saturated heterocycles. The van der Waals surface area contributed by atoms with E-state index in [2.05, 4.69) is 16.8 Å². The highest BCUT2D eigenvalue weighted by Gasteiger charge is 2.34. The molecule has 0 spiro atoms. The minimum atomic E-state index is -4.52. The van der Waals surface area contributed by atoms with Gasteiger partial charge in [0.05, 0.1) is 5.56 Å². The van der Waals surface area contributed by atoms with Crippen molar-refractivity contribution in [3.05, 3.63) is 28.5 Å². The van der Waals surface area contributed by atoms with Crippen molar-refractivity contribution in [3.63, 3.8) is 0 Å². The maximum absolute atomic E-state index is 12.4. The standard InChI is InChI=1S/C10H8ClF3N2/c11-9-8(10(12,13)14)5-7(6-16-9)3-1-2-4-15/h5-6H,2,4,15H2. The molecule has 1 rings (SSSR count). The average molecular weight is 249 g/mol. The maximum Gasteiger partial charge on any atom is 0.419 e. The van der Waals surface area contributed by atoms with Crippen LogP contribution in [-0.2, 0) is 6.18 Å². The molecule has 0 saturated carbocycles. The van der Waals surface area contributed by atoms with Crippen LogP contribution in [0.1, 0.15) is 17.5 Å². The highest BCUT2D eigenvalue weighted by Crippen LogP contribution is 2.33. The van der Waals surface area contributed by atoms with Crippen LogP contribution in [0.3, 0.4) is 0 Å². The van der Waals surface area contributed by atoms with E-state index in [-0.39, 0.29) is 5.56 Å². The van der Waals surface area contributed by atoms with Crippen LogP contribution in [-0.4, -0.2) is 11.5 Å². The molecule has 16 heavy (non-hydrogen) atoms. The van der Waals surface area contributed by atoms with Crippen LogP contribution in [0.4, 0.5) is 13.2 Å². The van der Waals surface area contributed by atoms with E-state index in [1.54, 1.807) is 0 Å². The molecule has 0 aliphatic heterocycles. The van der Waals surface area contributed by atoms with E-state index in [1.807, 2.05) is 0 Å². The molecule has 0 unspecified atom stereocenters. The Labute approximate surface area is 95.6 Å². The molecule has 6 heteroatoms. The van der Waals surface area contributed by atoms with Gasteiger partial charge >= 0.3 is 6.18 Å². The lowest BCUT2D eigenvalue weighted by atomic mass is 10.2. The Morgan fingerprint density at radius 1 is 1.44 bits per heavy atom. The summed E-state index contributed by atoms with van der Waals surface area (Å²) in [6.45, 7) is 0.361. The van der Waals surface area contributed by atoms with Crippen LogP contribution in [0, 0.1) is 11.8 Å². The van der Waals surface area contributed by atoms with Gasteiger partial charge in [0.25, 0.3) is 0 Å². The Hall–Kier alpha value is -1.25. The molecule has 0 fully saturated rings. The molecule has 0 bridgehead atoms. The van der Waals surface area contributed by atoms with Crippen molar-refractivity contribution in [1.29, 1.82) is 0 Å². The molecule has 0 amide bonds. The minimum absolute atomic E-state index is 0.171. The highest BCUT2D eigenvalue weighted by molar-refractivity contribution is 6.30. The lowest BCUT2D eigenvalue weighted by Gasteiger charge is -2.07. The van der Waals surface area contributed by atoms with Crippen molar-refractivity contribution >= 4 is 11.6 Å². The van der Waals surface area contributed by atoms with Crippen LogP contribution >= 0.6 is 11.6 Å². The molecular weight excluding hydrogens is 241 g/mol. The number of nitrogens with zero attached hydrogens (tertiary/aromatic N) is 1. The number of alkyl halides is 3. The fourth-order valence-electron chi connectivity index (χ4n) is 0.952. The number of halogens is 4. The van der Waals surface area contributed by atoms with Gasteiger partial charge in [-0.3, -0.25) is 0 Å². The zero-order chi connectivity index (χ0) is 12.2. The van der Waals surface area contributed by atoms with Gasteiger partial charge in [-0.05, 0) is 6.07 Å². The third-order valence-corrected chi connectivity index (χ3v) is 1.95. The highest BCUT2D eigenvalue weighted by atomic mass is 35.5. The van der Waals surface area contributed by atoms with Gasteiger partial charge in [-0.1, -0.05) is 23.4 Å². The number of aromatic nitrogens is 1. The zero-order valence-corrected chi connectivity index (χ0v) is 8.86. The molecule has 1 heterocycles. The number of hydrogen-bond donors (Lipinski definition) is 1. The normalized spacial score (nSPS) is 10.8. The molecule has 2 nitrogen and oxygen atoms in total. The first kappa shape index (κ1) is 12.8. The molecule has 2 N–H and O–H groups in total. The molecular formula is C10H8ClF3N2. The lowest BCUT2D eigenvalue weighted by molar-refractivity contribution is -0.137. The van der Waals surface area contributed by atoms with Crippen LogP contribution in [0.15, 0.2) is 12.3 Å². The number of rotatable bonds is 1. The Morgan fingerprint density at radius 3 is 2.69 bits per heavy atom. The summed E-state index contributed by atoms with van der Waals surface area (Å²) in [5, 5.41) is -0.572. The Morgan fingerprint density at radius 2 is 2.12 bits per heavy atom. The number of pyridine rings is 1. The van der Waals surface area contributed by atoms with Gasteiger partial charge in [-0.2, -0.15) is 13.2 Å². The van der Waals surface area contributed by atoms with Gasteiger partial charge in [0.15, 0.2) is 0 Å². The first-order chi connectivity index (χ1) is 7.45. The van der Waals surface area contributed by atoms with Gasteiger partial charge in [0.2, 0.25) is 0 Å². The quantitative estimate of drug-likeness (QED) is 0.612. The monoisotopic (exact) mass is 248 g/mol. The minimum Gasteiger partial charge on any atom is -0.330 e. The molecule has 0 aliphatic rings. The Balaban J connectivity index is 3.05. The summed E-state index contributed by atoms with van der Waals surface area (Å²) in [5.74, 6) is 5.16. The first-order valence-corrected chi connectivity index (χ1v) is 4.74. The van der Waals surface area contributed by atoms with E-state index in [0.717, 1.165) is 6.07 Å². The molecule has 0 aromatic carbocycles. The topological polar surface area (TPSA) is 38.9 Å². The van der Waals surface area contributed by atoms with Gasteiger partial charge in [-0.25, -0.2) is 4.98 Å². The van der Waals surface area contributed by atoms with Crippen molar-refractivity contribution in [2.45, 2.75) is 12.6 Å². The van der Waals surface area contributed by atoms with Crippen LogP contribution < -0.4 is 5.73 Å². The van der Waals surface area contributed by atoms with E-state index in [9.17, 15) is 13.2 Å². The van der Waals surface area contributed by atoms with Crippen LogP contribution in [0.25, 0.3) is 0 Å². The number of nitrogens with two attached hydrogens (primary N) is 1. The van der Waals surface area contributed by atoms with E-state index in [4.69, 9.17) is 17.3 Å². The van der Waals surface area contributed by atoms with Gasteiger partial charge in [-0.15, -0.1) is 0 Å². The molecule has 1 aromatic heterocycles. The summed E-state index contributed by atoms with van der Waals surface area (Å²) >= 11 is 5.34. The van der Waals surface area contributed by atoms with Gasteiger partial charge in [0, 0.05) is 24.7 Å². The SMILES string of the molecule is NCCC#Cc1cnc(Cl)c(C(F)(F)F)c1. The predicted octanol–water partition coefficient (Wildman–Crippen LogP) is 2.45. The van der Waals surface area contributed by atoms with E-state index < -0.39 is 16.9 Å². The summed E-state index contributed by atoms with van der Waals surface area (Å²) < 4.78 is 37.3. The molecule has 0 atom stereocenters. The zero-order valence-electron chi connectivity index (χ0n) is 8.11. The van der Waals surface area contributed by atoms with E-state index in [0.29, 0.717) is 13.0 Å². The largest absolute Gasteiger partial charge is 0.419 e. The van der Waals surface area contributed by atoms with Crippen LogP contribution in [0.5, 0.6) is 0 Å². The van der Waals surface area contributed by atoms with Crippen molar-refractivity contribution in [3.8, 4) is 11.8 Å². The van der Waals surface area contributed by atoms with Crippen molar-refractivity contribution in [1.82, 2.24) is 4.98 Å². The summed E-state index contributed by atoms with van der Waals surface area (Å²) in [4.78, 5) is 3.44. The van der Waals surface area contributed by atoms with Crippen molar-refractivity contribution in [2.75, 3.05) is 6.54 Å². The lowest BCUT2D eigenvalue weighted by Crippen LogP contribution is -2.07. The number of hydrogen-bond acceptors (Lipinski definition) is 2. The molecule has 0 aliphatic carbocycles. The third kappa shape index (κ3) is 3.40. The van der Waals surface area contributed by atoms with E-state index in [1.165, 1.54) is 6.20 Å². The van der Waals surface area contributed by atoms with Gasteiger partial charge in [0.1, 0.15) is 5.15 Å². The third-order valence-electron chi connectivity index (χ3n) is 1.65. The van der Waals surface area contributed by atoms with Crippen molar-refractivity contribution < 1.29 is 13.2 Å². The fraction of sp³-hybridized carbons (Fsp3) is 0.300. The molecule has 86 valence electrons. The van der Waals surface area contributed by atoms with Crippen molar-refractivity contribution in [2.24, 2.45) is 5.73 Å². The summed E-state index contributed by atoms with van der Waals surface area (Å²) in [7, 11) is 0. The maximum atomic E-state index is 12.4. The predicted molar refractivity (Wildman–Crippen MR) is 54.8 cm³/mol. The second-order valence-electron chi connectivity index (χ2n) is 2.90. The summed E-state index contributed by atoms with van der Waals surface area (Å²) in [5.41, 5.74) is 4.39. The molecule has 1 aromatic rings. The smallest absolute Gasteiger partial charge is 0.330 e. The van der Waals surface area contributed by atoms with E-state index >= 15 is 0 Å². The second-order valence-corrected chi connectivity index (χ2v) is 3.26. The Bertz CT molecular complexity index is 432. The summed E-state index contributed by atoms with van der Waals surface area (Å²) in [6.07, 6.45) is -2.90. The average Bonchev–Trinajstić information content (AvgIpc) is 2.19. The van der Waals surface area contributed by atoms with Gasteiger partial charge < -0.3 is 5.73 Å². The van der Waals surface area contributed by atoms with Crippen LogP contribution in [0.2, 0.25) is 5.15 Å². The Kier molecular flexibility index (Phi) is 4.16. The molecule has 0 radical (unpaired) electrons. The second kappa shape index (κ2) is 5.19. The summed E-state index contributed by atoms with van der Waals surface area (Å²) in [6, 6.07) is 0.874.